The maximum absolute atomic E-state index is 13.4. The summed E-state index contributed by atoms with van der Waals surface area (Å²) in [5.74, 6) is -1.69. The lowest BCUT2D eigenvalue weighted by Crippen LogP contribution is -2.29. The van der Waals surface area contributed by atoms with Crippen molar-refractivity contribution in [2.45, 2.75) is 0 Å². The van der Waals surface area contributed by atoms with Gasteiger partial charge in [0.1, 0.15) is 11.5 Å². The highest BCUT2D eigenvalue weighted by atomic mass is 19.1. The molecule has 0 spiro atoms. The van der Waals surface area contributed by atoms with E-state index in [1.54, 1.807) is 7.05 Å². The SMILES string of the molecule is Cn1nc(-c2ccc(F)cc2)c2c3c(cnc21)C(=O)N(c1cccc([N+](=O)[O-])c1)C3=O. The number of amides is 2. The first-order valence-corrected chi connectivity index (χ1v) is 9.11. The summed E-state index contributed by atoms with van der Waals surface area (Å²) in [6.45, 7) is 0. The number of nitro groups is 1. The fourth-order valence-electron chi connectivity index (χ4n) is 3.72. The van der Waals surface area contributed by atoms with Crippen molar-refractivity contribution in [1.29, 1.82) is 0 Å². The van der Waals surface area contributed by atoms with Gasteiger partial charge in [0.25, 0.3) is 17.5 Å². The van der Waals surface area contributed by atoms with Crippen LogP contribution in [0.1, 0.15) is 20.7 Å². The molecule has 0 atom stereocenters. The predicted octanol–water partition coefficient (Wildman–Crippen LogP) is 3.48. The molecular formula is C21H12FN5O4. The molecule has 0 N–H and O–H groups in total. The number of aryl methyl sites for hydroxylation is 1. The summed E-state index contributed by atoms with van der Waals surface area (Å²) in [4.78, 5) is 42.1. The molecule has 0 radical (unpaired) electrons. The van der Waals surface area contributed by atoms with E-state index in [2.05, 4.69) is 10.1 Å². The summed E-state index contributed by atoms with van der Waals surface area (Å²) in [6.07, 6.45) is 1.30. The Morgan fingerprint density at radius 2 is 1.81 bits per heavy atom. The van der Waals surface area contributed by atoms with Crippen molar-refractivity contribution in [3.8, 4) is 11.3 Å². The fraction of sp³-hybridized carbons (Fsp3) is 0.0476. The smallest absolute Gasteiger partial charge is 0.268 e. The molecule has 1 aliphatic heterocycles. The topological polar surface area (TPSA) is 111 Å². The fourth-order valence-corrected chi connectivity index (χ4v) is 3.72. The highest BCUT2D eigenvalue weighted by Gasteiger charge is 2.40. The van der Waals surface area contributed by atoms with E-state index >= 15 is 0 Å². The number of hydrogen-bond acceptors (Lipinski definition) is 6. The largest absolute Gasteiger partial charge is 0.271 e. The highest BCUT2D eigenvalue weighted by molar-refractivity contribution is 6.38. The van der Waals surface area contributed by atoms with E-state index in [4.69, 9.17) is 0 Å². The number of rotatable bonds is 3. The zero-order valence-electron chi connectivity index (χ0n) is 15.9. The Hall–Kier alpha value is -4.47. The summed E-state index contributed by atoms with van der Waals surface area (Å²) < 4.78 is 14.9. The Balaban J connectivity index is 1.73. The van der Waals surface area contributed by atoms with Crippen LogP contribution in [0.5, 0.6) is 0 Å². The summed E-state index contributed by atoms with van der Waals surface area (Å²) >= 11 is 0. The van der Waals surface area contributed by atoms with Gasteiger partial charge in [0, 0.05) is 30.9 Å². The molecule has 2 aromatic heterocycles. The molecule has 31 heavy (non-hydrogen) atoms. The molecule has 0 unspecified atom stereocenters. The molecule has 5 rings (SSSR count). The second-order valence-electron chi connectivity index (χ2n) is 6.95. The summed E-state index contributed by atoms with van der Waals surface area (Å²) in [7, 11) is 1.65. The maximum atomic E-state index is 13.4. The number of anilines is 1. The van der Waals surface area contributed by atoms with Crippen molar-refractivity contribution in [3.63, 3.8) is 0 Å². The molecule has 0 aliphatic carbocycles. The number of nitrogens with zero attached hydrogens (tertiary/aromatic N) is 5. The minimum absolute atomic E-state index is 0.0698. The van der Waals surface area contributed by atoms with Gasteiger partial charge in [0.05, 0.1) is 27.1 Å². The second kappa shape index (κ2) is 6.52. The third-order valence-corrected chi connectivity index (χ3v) is 5.12. The summed E-state index contributed by atoms with van der Waals surface area (Å²) in [5, 5.41) is 15.9. The minimum atomic E-state index is -0.635. The molecule has 3 heterocycles. The van der Waals surface area contributed by atoms with Gasteiger partial charge in [-0.2, -0.15) is 5.10 Å². The molecule has 0 saturated heterocycles. The van der Waals surface area contributed by atoms with Gasteiger partial charge >= 0.3 is 0 Å². The molecule has 1 aliphatic rings. The van der Waals surface area contributed by atoms with Crippen LogP contribution in [0.3, 0.4) is 0 Å². The molecule has 0 bridgehead atoms. The van der Waals surface area contributed by atoms with Gasteiger partial charge in [-0.15, -0.1) is 0 Å². The molecule has 4 aromatic rings. The first-order valence-electron chi connectivity index (χ1n) is 9.11. The van der Waals surface area contributed by atoms with Gasteiger partial charge in [0.2, 0.25) is 0 Å². The van der Waals surface area contributed by atoms with Gasteiger partial charge in [-0.1, -0.05) is 6.07 Å². The number of imide groups is 1. The third kappa shape index (κ3) is 2.69. The van der Waals surface area contributed by atoms with E-state index in [1.165, 1.54) is 53.3 Å². The van der Waals surface area contributed by atoms with Crippen LogP contribution in [0.4, 0.5) is 15.8 Å². The van der Waals surface area contributed by atoms with E-state index in [-0.39, 0.29) is 22.5 Å². The number of hydrogen-bond donors (Lipinski definition) is 0. The number of nitro benzene ring substituents is 1. The van der Waals surface area contributed by atoms with E-state index in [1.807, 2.05) is 0 Å². The van der Waals surface area contributed by atoms with Gasteiger partial charge in [-0.25, -0.2) is 19.0 Å². The molecule has 0 fully saturated rings. The quantitative estimate of drug-likeness (QED) is 0.287. The average Bonchev–Trinajstić information content (AvgIpc) is 3.23. The van der Waals surface area contributed by atoms with E-state index in [0.29, 0.717) is 22.3 Å². The second-order valence-corrected chi connectivity index (χ2v) is 6.95. The van der Waals surface area contributed by atoms with E-state index in [0.717, 1.165) is 11.0 Å². The van der Waals surface area contributed by atoms with Crippen LogP contribution in [-0.2, 0) is 7.05 Å². The van der Waals surface area contributed by atoms with Gasteiger partial charge in [-0.05, 0) is 30.3 Å². The lowest BCUT2D eigenvalue weighted by atomic mass is 10.0. The zero-order valence-corrected chi connectivity index (χ0v) is 15.9. The first kappa shape index (κ1) is 18.6. The number of aromatic nitrogens is 3. The Labute approximate surface area is 173 Å². The van der Waals surface area contributed by atoms with Crippen molar-refractivity contribution in [2.24, 2.45) is 7.05 Å². The summed E-state index contributed by atoms with van der Waals surface area (Å²) in [6, 6.07) is 10.9. The predicted molar refractivity (Wildman–Crippen MR) is 108 cm³/mol. The lowest BCUT2D eigenvalue weighted by Gasteiger charge is -2.13. The van der Waals surface area contributed by atoms with Gasteiger partial charge < -0.3 is 0 Å². The standard InChI is InChI=1S/C21H12FN5O4/c1-25-19-17(18(24-25)11-5-7-12(22)8-6-11)16-15(10-23-19)20(28)26(21(16)29)13-3-2-4-14(9-13)27(30)31/h2-10H,1H3. The normalized spacial score (nSPS) is 13.2. The van der Waals surface area contributed by atoms with Crippen molar-refractivity contribution < 1.29 is 18.9 Å². The Morgan fingerprint density at radius 3 is 2.52 bits per heavy atom. The van der Waals surface area contributed by atoms with Gasteiger partial charge in [0.15, 0.2) is 5.65 Å². The Kier molecular flexibility index (Phi) is 3.90. The van der Waals surface area contributed by atoms with E-state index in [9.17, 15) is 24.1 Å². The molecule has 2 aromatic carbocycles. The molecule has 2 amide bonds. The Morgan fingerprint density at radius 1 is 1.06 bits per heavy atom. The zero-order chi connectivity index (χ0) is 21.9. The van der Waals surface area contributed by atoms with Crippen LogP contribution in [0, 0.1) is 15.9 Å². The van der Waals surface area contributed by atoms with Crippen LogP contribution in [-0.4, -0.2) is 31.5 Å². The monoisotopic (exact) mass is 417 g/mol. The molecule has 152 valence electrons. The number of carbonyl (C=O) groups excluding carboxylic acids is 2. The van der Waals surface area contributed by atoms with Crippen LogP contribution in [0.2, 0.25) is 0 Å². The van der Waals surface area contributed by atoms with Crippen molar-refractivity contribution in [3.05, 3.63) is 81.8 Å². The maximum Gasteiger partial charge on any atom is 0.271 e. The van der Waals surface area contributed by atoms with Crippen molar-refractivity contribution in [1.82, 2.24) is 14.8 Å². The van der Waals surface area contributed by atoms with Crippen LogP contribution < -0.4 is 4.90 Å². The Bertz CT molecular complexity index is 1430. The molecule has 10 heteroatoms. The number of pyridine rings is 1. The van der Waals surface area contributed by atoms with Gasteiger partial charge in [-0.3, -0.25) is 19.7 Å². The van der Waals surface area contributed by atoms with Crippen LogP contribution in [0.15, 0.2) is 54.7 Å². The number of halogens is 1. The summed E-state index contributed by atoms with van der Waals surface area (Å²) in [5.41, 5.74) is 1.32. The third-order valence-electron chi connectivity index (χ3n) is 5.12. The van der Waals surface area contributed by atoms with E-state index < -0.39 is 22.6 Å². The van der Waals surface area contributed by atoms with Crippen LogP contribution >= 0.6 is 0 Å². The molecule has 0 saturated carbocycles. The minimum Gasteiger partial charge on any atom is -0.268 e. The average molecular weight is 417 g/mol. The molecule has 9 nitrogen and oxygen atoms in total. The number of benzene rings is 2. The lowest BCUT2D eigenvalue weighted by molar-refractivity contribution is -0.384. The first-order chi connectivity index (χ1) is 14.9. The number of carbonyl (C=O) groups is 2. The highest BCUT2D eigenvalue weighted by Crippen LogP contribution is 2.37. The van der Waals surface area contributed by atoms with Crippen LogP contribution in [0.25, 0.3) is 22.3 Å². The molecular weight excluding hydrogens is 405 g/mol. The number of fused-ring (bicyclic) bond motifs is 3. The van der Waals surface area contributed by atoms with Crippen molar-refractivity contribution in [2.75, 3.05) is 4.90 Å². The van der Waals surface area contributed by atoms with Crippen molar-refractivity contribution >= 4 is 34.2 Å². The number of non-ortho nitro benzene ring substituents is 1.